The van der Waals surface area contributed by atoms with Gasteiger partial charge in [-0.15, -0.1) is 0 Å². The number of sulfonamides is 1. The number of aryl methyl sites for hydroxylation is 1. The van der Waals surface area contributed by atoms with Crippen LogP contribution < -0.4 is 15.4 Å². The summed E-state index contributed by atoms with van der Waals surface area (Å²) in [6.07, 6.45) is 9.73. The van der Waals surface area contributed by atoms with E-state index in [2.05, 4.69) is 51.1 Å². The van der Waals surface area contributed by atoms with Gasteiger partial charge in [0.05, 0.1) is 31.2 Å². The van der Waals surface area contributed by atoms with Gasteiger partial charge in [-0.05, 0) is 100 Å². The van der Waals surface area contributed by atoms with Gasteiger partial charge in [0.1, 0.15) is 18.0 Å². The summed E-state index contributed by atoms with van der Waals surface area (Å²) >= 11 is 6.21. The summed E-state index contributed by atoms with van der Waals surface area (Å²) in [6, 6.07) is 22.0. The molecule has 11 nitrogen and oxygen atoms in total. The first-order valence-corrected chi connectivity index (χ1v) is 19.2. The molecule has 0 bridgehead atoms. The van der Waals surface area contributed by atoms with E-state index < -0.39 is 27.8 Å². The fraction of sp³-hybridized carbons (Fsp3) is 0.385. The number of aliphatic hydroxyl groups excluding tert-OH is 1. The summed E-state index contributed by atoms with van der Waals surface area (Å²) in [5, 5.41) is 19.7. The molecule has 3 N–H and O–H groups in total. The number of ether oxygens (including phenoxy) is 1. The average Bonchev–Trinajstić information content (AvgIpc) is 3.85. The van der Waals surface area contributed by atoms with Crippen molar-refractivity contribution in [2.45, 2.75) is 81.9 Å². The third kappa shape index (κ3) is 10.1. The maximum absolute atomic E-state index is 14.6. The van der Waals surface area contributed by atoms with Crippen molar-refractivity contribution in [1.29, 1.82) is 0 Å². The maximum atomic E-state index is 14.6. The summed E-state index contributed by atoms with van der Waals surface area (Å²) in [5.41, 5.74) is 1.94. The molecule has 2 aromatic heterocycles. The largest absolute Gasteiger partial charge is 0.497 e. The minimum absolute atomic E-state index is 0.0930. The monoisotopic (exact) mass is 747 g/mol. The molecule has 5 rings (SSSR count). The molecule has 0 spiro atoms. The van der Waals surface area contributed by atoms with Gasteiger partial charge in [-0.1, -0.05) is 48.0 Å². The number of rotatable bonds is 19. The highest BCUT2D eigenvalue weighted by molar-refractivity contribution is 7.89. The number of halogens is 1. The van der Waals surface area contributed by atoms with Crippen LogP contribution in [0.4, 0.5) is 0 Å². The Morgan fingerprint density at radius 2 is 1.46 bits per heavy atom. The van der Waals surface area contributed by atoms with Crippen LogP contribution in [0.5, 0.6) is 5.75 Å². The number of aromatic nitrogens is 4. The van der Waals surface area contributed by atoms with E-state index in [1.54, 1.807) is 53.8 Å². The second-order valence-corrected chi connectivity index (χ2v) is 16.3. The standard InChI is InChI=1S/C39H50ClN7O4S/c1-38(2,43-20-6-23-45-25-21-41-28-45)31-9-7-30(8-10-31)19-24-47(52(49,50)35-17-15-34(51-5)16-18-35)37(36(48)27-46-26-22-42-29-46)44-39(3,4)32-11-13-33(40)14-12-32/h7-18,21-22,25-26,28-29,36-37,43-44,48H,6,19-20,23-24,27H2,1-5H3. The van der Waals surface area contributed by atoms with Crippen molar-refractivity contribution in [3.05, 3.63) is 132 Å². The van der Waals surface area contributed by atoms with E-state index in [1.807, 2.05) is 50.6 Å². The fourth-order valence-electron chi connectivity index (χ4n) is 6.19. The van der Waals surface area contributed by atoms with Crippen LogP contribution in [0, 0.1) is 0 Å². The zero-order valence-electron chi connectivity index (χ0n) is 30.5. The molecule has 2 unspecified atom stereocenters. The van der Waals surface area contributed by atoms with Crippen LogP contribution in [0.3, 0.4) is 0 Å². The first-order chi connectivity index (χ1) is 24.8. The van der Waals surface area contributed by atoms with E-state index in [4.69, 9.17) is 16.3 Å². The average molecular weight is 748 g/mol. The van der Waals surface area contributed by atoms with E-state index in [1.165, 1.54) is 23.5 Å². The highest BCUT2D eigenvalue weighted by Crippen LogP contribution is 2.28. The number of imidazole rings is 2. The lowest BCUT2D eigenvalue weighted by Crippen LogP contribution is -2.60. The second kappa shape index (κ2) is 17.2. The topological polar surface area (TPSA) is 127 Å². The van der Waals surface area contributed by atoms with Gasteiger partial charge in [0.15, 0.2) is 0 Å². The Morgan fingerprint density at radius 3 is 2.06 bits per heavy atom. The zero-order chi connectivity index (χ0) is 37.4. The lowest BCUT2D eigenvalue weighted by atomic mass is 9.92. The molecule has 2 atom stereocenters. The van der Waals surface area contributed by atoms with Gasteiger partial charge in [-0.2, -0.15) is 4.31 Å². The van der Waals surface area contributed by atoms with E-state index in [-0.39, 0.29) is 23.5 Å². The number of methoxy groups -OCH3 is 1. The van der Waals surface area contributed by atoms with Crippen LogP contribution in [-0.4, -0.2) is 69.4 Å². The third-order valence-corrected chi connectivity index (χ3v) is 11.5. The molecule has 3 aromatic carbocycles. The number of benzene rings is 3. The number of nitrogens with one attached hydrogen (secondary N) is 2. The minimum atomic E-state index is -4.15. The molecule has 13 heteroatoms. The predicted molar refractivity (Wildman–Crippen MR) is 205 cm³/mol. The van der Waals surface area contributed by atoms with Gasteiger partial charge in [-0.3, -0.25) is 5.32 Å². The Labute approximate surface area is 312 Å². The van der Waals surface area contributed by atoms with E-state index in [0.29, 0.717) is 17.2 Å². The molecule has 0 amide bonds. The number of hydrogen-bond donors (Lipinski definition) is 3. The molecule has 0 aliphatic carbocycles. The normalized spacial score (nSPS) is 13.7. The maximum Gasteiger partial charge on any atom is 0.244 e. The van der Waals surface area contributed by atoms with Crippen LogP contribution in [0.25, 0.3) is 0 Å². The Bertz CT molecular complexity index is 1920. The van der Waals surface area contributed by atoms with E-state index in [0.717, 1.165) is 36.2 Å². The SMILES string of the molecule is COc1ccc(S(=O)(=O)N(CCc2ccc(C(C)(C)NCCCn3ccnc3)cc2)C(NC(C)(C)c2ccc(Cl)cc2)C(O)Cn2ccnc2)cc1. The predicted octanol–water partition coefficient (Wildman–Crippen LogP) is 5.80. The van der Waals surface area contributed by atoms with Crippen LogP contribution in [-0.2, 0) is 40.6 Å². The van der Waals surface area contributed by atoms with Crippen LogP contribution >= 0.6 is 11.6 Å². The highest BCUT2D eigenvalue weighted by atomic mass is 35.5. The smallest absolute Gasteiger partial charge is 0.244 e. The quantitative estimate of drug-likeness (QED) is 0.0715. The molecule has 52 heavy (non-hydrogen) atoms. The Hall–Kier alpha value is -4.04. The van der Waals surface area contributed by atoms with Gasteiger partial charge in [-0.25, -0.2) is 18.4 Å². The van der Waals surface area contributed by atoms with Crippen LogP contribution in [0.2, 0.25) is 5.02 Å². The van der Waals surface area contributed by atoms with Gasteiger partial charge < -0.3 is 24.3 Å². The Morgan fingerprint density at radius 1 is 0.865 bits per heavy atom. The number of hydrogen-bond acceptors (Lipinski definition) is 8. The molecule has 278 valence electrons. The van der Waals surface area contributed by atoms with Crippen molar-refractivity contribution >= 4 is 21.6 Å². The van der Waals surface area contributed by atoms with Crippen molar-refractivity contribution in [1.82, 2.24) is 34.0 Å². The van der Waals surface area contributed by atoms with Crippen LogP contribution in [0.1, 0.15) is 50.8 Å². The number of nitrogens with zero attached hydrogens (tertiary/aromatic N) is 5. The van der Waals surface area contributed by atoms with Crippen molar-refractivity contribution in [3.8, 4) is 5.75 Å². The Balaban J connectivity index is 1.42. The molecule has 0 saturated heterocycles. The van der Waals surface area contributed by atoms with Gasteiger partial charge >= 0.3 is 0 Å². The second-order valence-electron chi connectivity index (χ2n) is 14.0. The van der Waals surface area contributed by atoms with E-state index >= 15 is 0 Å². The molecule has 0 radical (unpaired) electrons. The molecule has 0 aliphatic rings. The summed E-state index contributed by atoms with van der Waals surface area (Å²) in [6.45, 7) is 10.2. The van der Waals surface area contributed by atoms with Crippen molar-refractivity contribution in [2.24, 2.45) is 0 Å². The Kier molecular flexibility index (Phi) is 13.0. The van der Waals surface area contributed by atoms with Gasteiger partial charge in [0.25, 0.3) is 0 Å². The van der Waals surface area contributed by atoms with Crippen molar-refractivity contribution < 1.29 is 18.3 Å². The minimum Gasteiger partial charge on any atom is -0.497 e. The van der Waals surface area contributed by atoms with Crippen molar-refractivity contribution in [2.75, 3.05) is 20.2 Å². The first kappa shape index (κ1) is 39.2. The lowest BCUT2D eigenvalue weighted by molar-refractivity contribution is 0.0403. The summed E-state index contributed by atoms with van der Waals surface area (Å²) < 4.78 is 39.8. The number of aliphatic hydroxyl groups is 1. The molecule has 2 heterocycles. The summed E-state index contributed by atoms with van der Waals surface area (Å²) in [7, 11) is -2.61. The van der Waals surface area contributed by atoms with Gasteiger partial charge in [0.2, 0.25) is 10.0 Å². The molecule has 0 fully saturated rings. The summed E-state index contributed by atoms with van der Waals surface area (Å²) in [4.78, 5) is 8.32. The van der Waals surface area contributed by atoms with E-state index in [9.17, 15) is 13.5 Å². The molecular formula is C39H50ClN7O4S. The zero-order valence-corrected chi connectivity index (χ0v) is 32.1. The van der Waals surface area contributed by atoms with Crippen molar-refractivity contribution in [3.63, 3.8) is 0 Å². The molecular weight excluding hydrogens is 698 g/mol. The molecule has 0 saturated carbocycles. The van der Waals surface area contributed by atoms with Gasteiger partial charge in [0, 0.05) is 54.0 Å². The molecule has 5 aromatic rings. The van der Waals surface area contributed by atoms with Crippen LogP contribution in [0.15, 0.2) is 115 Å². The third-order valence-electron chi connectivity index (χ3n) is 9.39. The summed E-state index contributed by atoms with van der Waals surface area (Å²) in [5.74, 6) is 0.542. The first-order valence-electron chi connectivity index (χ1n) is 17.4. The fourth-order valence-corrected chi connectivity index (χ4v) is 7.89. The molecule has 0 aliphatic heterocycles. The highest BCUT2D eigenvalue weighted by Gasteiger charge is 2.39. The lowest BCUT2D eigenvalue weighted by Gasteiger charge is -2.40.